The Hall–Kier alpha value is -1.83. The standard InChI is InChI=1S/C22H40N4O4/c1-21(2,3)19(28)26-12-7-9-17(26)18(27)23-10-8-11-24-13-15-25(16-14-24)20(29)30-22(4,5)6/h17H,7-16H2,1-6H3,(H,23,27). The van der Waals surface area contributed by atoms with E-state index >= 15 is 0 Å². The van der Waals surface area contributed by atoms with Crippen LogP contribution in [0.25, 0.3) is 0 Å². The summed E-state index contributed by atoms with van der Waals surface area (Å²) in [5.74, 6) is 0.00264. The lowest BCUT2D eigenvalue weighted by Gasteiger charge is -2.35. The molecule has 0 aromatic heterocycles. The number of nitrogens with one attached hydrogen (secondary N) is 1. The summed E-state index contributed by atoms with van der Waals surface area (Å²) in [6.45, 7) is 16.4. The van der Waals surface area contributed by atoms with Gasteiger partial charge in [0.25, 0.3) is 0 Å². The zero-order valence-electron chi connectivity index (χ0n) is 19.6. The highest BCUT2D eigenvalue weighted by Crippen LogP contribution is 2.25. The summed E-state index contributed by atoms with van der Waals surface area (Å²) in [6, 6.07) is -0.339. The molecule has 0 aliphatic carbocycles. The summed E-state index contributed by atoms with van der Waals surface area (Å²) in [6.07, 6.45) is 2.21. The van der Waals surface area contributed by atoms with Gasteiger partial charge in [0.1, 0.15) is 11.6 Å². The molecule has 172 valence electrons. The molecular weight excluding hydrogens is 384 g/mol. The quantitative estimate of drug-likeness (QED) is 0.684. The molecule has 0 aromatic carbocycles. The van der Waals surface area contributed by atoms with Crippen molar-refractivity contribution >= 4 is 17.9 Å². The second-order valence-corrected chi connectivity index (χ2v) is 10.4. The molecule has 0 radical (unpaired) electrons. The van der Waals surface area contributed by atoms with Crippen LogP contribution in [0.2, 0.25) is 0 Å². The number of rotatable bonds is 5. The summed E-state index contributed by atoms with van der Waals surface area (Å²) in [5, 5.41) is 3.01. The molecule has 0 bridgehead atoms. The molecule has 2 aliphatic heterocycles. The average molecular weight is 425 g/mol. The molecule has 2 rings (SSSR count). The molecule has 0 spiro atoms. The van der Waals surface area contributed by atoms with Crippen molar-refractivity contribution in [2.45, 2.75) is 72.4 Å². The summed E-state index contributed by atoms with van der Waals surface area (Å²) < 4.78 is 5.43. The van der Waals surface area contributed by atoms with Gasteiger partial charge in [0.2, 0.25) is 11.8 Å². The van der Waals surface area contributed by atoms with Crippen molar-refractivity contribution in [3.63, 3.8) is 0 Å². The maximum Gasteiger partial charge on any atom is 0.410 e. The Morgan fingerprint density at radius 3 is 2.17 bits per heavy atom. The lowest BCUT2D eigenvalue weighted by atomic mass is 9.94. The lowest BCUT2D eigenvalue weighted by molar-refractivity contribution is -0.144. The van der Waals surface area contributed by atoms with Crippen molar-refractivity contribution in [2.24, 2.45) is 5.41 Å². The van der Waals surface area contributed by atoms with E-state index in [0.717, 1.165) is 38.9 Å². The number of nitrogens with zero attached hydrogens (tertiary/aromatic N) is 3. The fraction of sp³-hybridized carbons (Fsp3) is 0.864. The monoisotopic (exact) mass is 424 g/mol. The van der Waals surface area contributed by atoms with Crippen molar-refractivity contribution in [3.8, 4) is 0 Å². The fourth-order valence-electron chi connectivity index (χ4n) is 3.83. The highest BCUT2D eigenvalue weighted by molar-refractivity contribution is 5.90. The first-order valence-electron chi connectivity index (χ1n) is 11.2. The SMILES string of the molecule is CC(C)(C)OC(=O)N1CCN(CCCNC(=O)C2CCCN2C(=O)C(C)(C)C)CC1. The van der Waals surface area contributed by atoms with Crippen molar-refractivity contribution < 1.29 is 19.1 Å². The molecule has 0 saturated carbocycles. The Morgan fingerprint density at radius 1 is 0.967 bits per heavy atom. The van der Waals surface area contributed by atoms with Gasteiger partial charge in [-0.1, -0.05) is 20.8 Å². The smallest absolute Gasteiger partial charge is 0.410 e. The number of carbonyl (C=O) groups excluding carboxylic acids is 3. The second-order valence-electron chi connectivity index (χ2n) is 10.4. The molecule has 1 atom stereocenters. The molecule has 2 saturated heterocycles. The van der Waals surface area contributed by atoms with Crippen LogP contribution < -0.4 is 5.32 Å². The third kappa shape index (κ3) is 7.15. The second kappa shape index (κ2) is 9.98. The lowest BCUT2D eigenvalue weighted by Crippen LogP contribution is -2.51. The molecule has 2 aliphatic rings. The molecule has 0 aromatic rings. The van der Waals surface area contributed by atoms with E-state index in [0.29, 0.717) is 26.2 Å². The minimum Gasteiger partial charge on any atom is -0.444 e. The Kier molecular flexibility index (Phi) is 8.13. The summed E-state index contributed by atoms with van der Waals surface area (Å²) >= 11 is 0. The van der Waals surface area contributed by atoms with Crippen molar-refractivity contribution in [2.75, 3.05) is 45.8 Å². The van der Waals surface area contributed by atoms with Gasteiger partial charge in [-0.25, -0.2) is 4.79 Å². The molecule has 30 heavy (non-hydrogen) atoms. The van der Waals surface area contributed by atoms with Gasteiger partial charge in [0, 0.05) is 44.7 Å². The number of hydrogen-bond acceptors (Lipinski definition) is 5. The van der Waals surface area contributed by atoms with Crippen LogP contribution in [-0.4, -0.2) is 90.1 Å². The van der Waals surface area contributed by atoms with Gasteiger partial charge in [0.05, 0.1) is 0 Å². The molecular formula is C22H40N4O4. The molecule has 8 nitrogen and oxygen atoms in total. The Labute approximate surface area is 181 Å². The van der Waals surface area contributed by atoms with Crippen molar-refractivity contribution in [3.05, 3.63) is 0 Å². The van der Waals surface area contributed by atoms with Crippen LogP contribution in [0.1, 0.15) is 60.8 Å². The topological polar surface area (TPSA) is 82.2 Å². The van der Waals surface area contributed by atoms with E-state index in [9.17, 15) is 14.4 Å². The van der Waals surface area contributed by atoms with E-state index in [1.807, 2.05) is 41.5 Å². The van der Waals surface area contributed by atoms with E-state index in [1.165, 1.54) is 0 Å². The highest BCUT2D eigenvalue weighted by Gasteiger charge is 2.38. The summed E-state index contributed by atoms with van der Waals surface area (Å²) in [4.78, 5) is 43.1. The number of ether oxygens (including phenoxy) is 1. The maximum absolute atomic E-state index is 12.6. The van der Waals surface area contributed by atoms with E-state index in [2.05, 4.69) is 10.2 Å². The molecule has 2 heterocycles. The Morgan fingerprint density at radius 2 is 1.60 bits per heavy atom. The van der Waals surface area contributed by atoms with Gasteiger partial charge >= 0.3 is 6.09 Å². The zero-order chi connectivity index (χ0) is 22.5. The first kappa shape index (κ1) is 24.4. The summed E-state index contributed by atoms with van der Waals surface area (Å²) in [5.41, 5.74) is -0.941. The predicted octanol–water partition coefficient (Wildman–Crippen LogP) is 2.08. The first-order chi connectivity index (χ1) is 13.9. The van der Waals surface area contributed by atoms with Crippen LogP contribution in [0.3, 0.4) is 0 Å². The van der Waals surface area contributed by atoms with Crippen LogP contribution in [-0.2, 0) is 14.3 Å². The zero-order valence-corrected chi connectivity index (χ0v) is 19.6. The third-order valence-corrected chi connectivity index (χ3v) is 5.43. The third-order valence-electron chi connectivity index (χ3n) is 5.43. The van der Waals surface area contributed by atoms with E-state index in [4.69, 9.17) is 4.74 Å². The van der Waals surface area contributed by atoms with Crippen molar-refractivity contribution in [1.82, 2.24) is 20.0 Å². The van der Waals surface area contributed by atoms with Gasteiger partial charge < -0.3 is 19.9 Å². The van der Waals surface area contributed by atoms with Crippen LogP contribution >= 0.6 is 0 Å². The fourth-order valence-corrected chi connectivity index (χ4v) is 3.83. The molecule has 2 fully saturated rings. The minimum atomic E-state index is -0.473. The number of carbonyl (C=O) groups is 3. The largest absolute Gasteiger partial charge is 0.444 e. The van der Waals surface area contributed by atoms with Gasteiger partial charge in [-0.15, -0.1) is 0 Å². The Balaban J connectivity index is 1.67. The normalized spacial score (nSPS) is 20.9. The van der Waals surface area contributed by atoms with Gasteiger partial charge in [-0.3, -0.25) is 14.5 Å². The Bertz CT molecular complexity index is 616. The average Bonchev–Trinajstić information content (AvgIpc) is 3.12. The number of hydrogen-bond donors (Lipinski definition) is 1. The molecule has 1 N–H and O–H groups in total. The number of piperazine rings is 1. The highest BCUT2D eigenvalue weighted by atomic mass is 16.6. The molecule has 1 unspecified atom stereocenters. The number of amides is 3. The minimum absolute atomic E-state index is 0.0418. The summed E-state index contributed by atoms with van der Waals surface area (Å²) in [7, 11) is 0. The number of likely N-dealkylation sites (tertiary alicyclic amines) is 1. The van der Waals surface area contributed by atoms with Gasteiger partial charge in [0.15, 0.2) is 0 Å². The van der Waals surface area contributed by atoms with Crippen molar-refractivity contribution in [1.29, 1.82) is 0 Å². The van der Waals surface area contributed by atoms with Crippen LogP contribution in [0.4, 0.5) is 4.79 Å². The van der Waals surface area contributed by atoms with Crippen LogP contribution in [0.15, 0.2) is 0 Å². The van der Waals surface area contributed by atoms with E-state index in [-0.39, 0.29) is 23.9 Å². The predicted molar refractivity (Wildman–Crippen MR) is 116 cm³/mol. The van der Waals surface area contributed by atoms with E-state index < -0.39 is 11.0 Å². The van der Waals surface area contributed by atoms with E-state index in [1.54, 1.807) is 9.80 Å². The van der Waals surface area contributed by atoms with Gasteiger partial charge in [-0.2, -0.15) is 0 Å². The first-order valence-corrected chi connectivity index (χ1v) is 11.2. The molecule has 3 amide bonds. The van der Waals surface area contributed by atoms with Crippen LogP contribution in [0, 0.1) is 5.41 Å². The maximum atomic E-state index is 12.6. The van der Waals surface area contributed by atoms with Gasteiger partial charge in [-0.05, 0) is 46.6 Å². The van der Waals surface area contributed by atoms with Crippen LogP contribution in [0.5, 0.6) is 0 Å². The molecule has 8 heteroatoms.